The van der Waals surface area contributed by atoms with Gasteiger partial charge in [-0.15, -0.1) is 0 Å². The van der Waals surface area contributed by atoms with E-state index < -0.39 is 11.9 Å². The van der Waals surface area contributed by atoms with Crippen molar-refractivity contribution in [3.05, 3.63) is 0 Å². The van der Waals surface area contributed by atoms with Crippen molar-refractivity contribution < 1.29 is 28.7 Å². The molecule has 6 heteroatoms. The molecule has 0 aliphatic heterocycles. The Morgan fingerprint density at radius 2 is 1.35 bits per heavy atom. The largest absolute Gasteiger partial charge is 0.465 e. The van der Waals surface area contributed by atoms with Gasteiger partial charge in [-0.25, -0.2) is 0 Å². The molecule has 23 heavy (non-hydrogen) atoms. The molecule has 0 N–H and O–H groups in total. The molecule has 0 aromatic carbocycles. The molecule has 0 fully saturated rings. The zero-order chi connectivity index (χ0) is 17.5. The molecule has 6 nitrogen and oxygen atoms in total. The molecule has 0 unspecified atom stereocenters. The van der Waals surface area contributed by atoms with Gasteiger partial charge in [-0.1, -0.05) is 25.2 Å². The Kier molecular flexibility index (Phi) is 12.2. The lowest BCUT2D eigenvalue weighted by Crippen LogP contribution is -2.09. The summed E-state index contributed by atoms with van der Waals surface area (Å²) >= 11 is 0. The number of ketones is 2. The molecule has 0 bridgehead atoms. The van der Waals surface area contributed by atoms with Crippen LogP contribution in [0.5, 0.6) is 0 Å². The zero-order valence-corrected chi connectivity index (χ0v) is 13.8. The molecule has 0 radical (unpaired) electrons. The zero-order valence-electron chi connectivity index (χ0n) is 13.8. The van der Waals surface area contributed by atoms with Crippen LogP contribution < -0.4 is 0 Å². The smallest absolute Gasteiger partial charge is 0.327 e. The van der Waals surface area contributed by atoms with Gasteiger partial charge < -0.3 is 9.47 Å². The third-order valence-corrected chi connectivity index (χ3v) is 2.73. The number of rotatable bonds is 11. The number of hydrogen-bond donors (Lipinski definition) is 0. The summed E-state index contributed by atoms with van der Waals surface area (Å²) < 4.78 is 9.48. The number of carbonyl (C=O) groups is 4. The SMILES string of the molecule is CC(=O)CC(=O)OC#CCCCCCCCOC(=O)CC(C)=O. The Balaban J connectivity index is 3.40. The summed E-state index contributed by atoms with van der Waals surface area (Å²) in [6.45, 7) is 3.02. The summed E-state index contributed by atoms with van der Waals surface area (Å²) in [5.41, 5.74) is 0. The van der Waals surface area contributed by atoms with Crippen molar-refractivity contribution in [3.63, 3.8) is 0 Å². The first-order valence-electron chi connectivity index (χ1n) is 7.74. The Bertz CT molecular complexity index is 469. The Morgan fingerprint density at radius 3 is 2.00 bits per heavy atom. The first kappa shape index (κ1) is 20.8. The molecule has 0 aromatic heterocycles. The summed E-state index contributed by atoms with van der Waals surface area (Å²) in [4.78, 5) is 43.4. The molecular formula is C17H24O6. The van der Waals surface area contributed by atoms with E-state index in [0.29, 0.717) is 13.0 Å². The number of carbonyl (C=O) groups excluding carboxylic acids is 4. The van der Waals surface area contributed by atoms with Crippen molar-refractivity contribution in [2.75, 3.05) is 6.61 Å². The van der Waals surface area contributed by atoms with Crippen LogP contribution in [-0.2, 0) is 28.7 Å². The van der Waals surface area contributed by atoms with Crippen LogP contribution in [0.1, 0.15) is 65.2 Å². The van der Waals surface area contributed by atoms with E-state index >= 15 is 0 Å². The fourth-order valence-electron chi connectivity index (χ4n) is 1.67. The van der Waals surface area contributed by atoms with Crippen molar-refractivity contribution in [2.24, 2.45) is 0 Å². The van der Waals surface area contributed by atoms with Crippen molar-refractivity contribution >= 4 is 23.5 Å². The minimum atomic E-state index is -0.621. The maximum atomic E-state index is 11.1. The highest BCUT2D eigenvalue weighted by atomic mass is 16.5. The Hall–Kier alpha value is -2.16. The van der Waals surface area contributed by atoms with Crippen LogP contribution in [0.2, 0.25) is 0 Å². The highest BCUT2D eigenvalue weighted by Gasteiger charge is 2.05. The lowest BCUT2D eigenvalue weighted by molar-refractivity contribution is -0.146. The van der Waals surface area contributed by atoms with Crippen molar-refractivity contribution in [2.45, 2.75) is 65.2 Å². The van der Waals surface area contributed by atoms with Crippen LogP contribution in [0, 0.1) is 12.0 Å². The van der Waals surface area contributed by atoms with Gasteiger partial charge in [-0.2, -0.15) is 0 Å². The second-order valence-electron chi connectivity index (χ2n) is 5.25. The van der Waals surface area contributed by atoms with Gasteiger partial charge in [0.1, 0.15) is 30.5 Å². The molecule has 0 spiro atoms. The lowest BCUT2D eigenvalue weighted by atomic mass is 10.1. The van der Waals surface area contributed by atoms with E-state index in [2.05, 4.69) is 16.8 Å². The third kappa shape index (κ3) is 16.0. The normalized spacial score (nSPS) is 9.48. The summed E-state index contributed by atoms with van der Waals surface area (Å²) in [7, 11) is 0. The minimum absolute atomic E-state index is 0.157. The van der Waals surface area contributed by atoms with Gasteiger partial charge in [-0.3, -0.25) is 19.2 Å². The fourth-order valence-corrected chi connectivity index (χ4v) is 1.67. The maximum absolute atomic E-state index is 11.1. The van der Waals surface area contributed by atoms with Crippen LogP contribution in [0.3, 0.4) is 0 Å². The molecule has 0 atom stereocenters. The van der Waals surface area contributed by atoms with Gasteiger partial charge in [0.2, 0.25) is 0 Å². The van der Waals surface area contributed by atoms with E-state index in [1.807, 2.05) is 0 Å². The molecule has 128 valence electrons. The molecule has 0 heterocycles. The number of unbranched alkanes of at least 4 members (excludes halogenated alkanes) is 5. The minimum Gasteiger partial charge on any atom is -0.465 e. The van der Waals surface area contributed by atoms with E-state index in [1.54, 1.807) is 0 Å². The van der Waals surface area contributed by atoms with Gasteiger partial charge in [0, 0.05) is 6.42 Å². The molecule has 0 saturated heterocycles. The average Bonchev–Trinajstić information content (AvgIpc) is 2.43. The van der Waals surface area contributed by atoms with E-state index in [-0.39, 0.29) is 24.4 Å². The average molecular weight is 324 g/mol. The monoisotopic (exact) mass is 324 g/mol. The van der Waals surface area contributed by atoms with Crippen LogP contribution in [0.4, 0.5) is 0 Å². The highest BCUT2D eigenvalue weighted by molar-refractivity contribution is 5.94. The second kappa shape index (κ2) is 13.5. The standard InChI is InChI=1S/C17H24O6/c1-14(18)12-16(20)22-10-8-6-4-3-5-7-9-11-23-17(21)13-15(2)19/h3-8,10,12-13H2,1-2H3. The maximum Gasteiger partial charge on any atom is 0.327 e. The topological polar surface area (TPSA) is 86.7 Å². The molecule has 0 saturated carbocycles. The quantitative estimate of drug-likeness (QED) is 0.251. The van der Waals surface area contributed by atoms with Gasteiger partial charge >= 0.3 is 11.9 Å². The van der Waals surface area contributed by atoms with Crippen molar-refractivity contribution in [1.82, 2.24) is 0 Å². The number of esters is 2. The van der Waals surface area contributed by atoms with Crippen LogP contribution in [-0.4, -0.2) is 30.1 Å². The first-order valence-corrected chi connectivity index (χ1v) is 7.74. The van der Waals surface area contributed by atoms with Crippen LogP contribution in [0.15, 0.2) is 0 Å². The van der Waals surface area contributed by atoms with E-state index in [4.69, 9.17) is 4.74 Å². The van der Waals surface area contributed by atoms with Gasteiger partial charge in [0.05, 0.1) is 6.61 Å². The second-order valence-corrected chi connectivity index (χ2v) is 5.25. The number of Topliss-reactive ketones (excluding diaryl/α,β-unsaturated/α-hetero) is 2. The lowest BCUT2D eigenvalue weighted by Gasteiger charge is -2.03. The van der Waals surface area contributed by atoms with Crippen LogP contribution in [0.25, 0.3) is 0 Å². The predicted molar refractivity (Wildman–Crippen MR) is 83.1 cm³/mol. The summed E-state index contributed by atoms with van der Waals surface area (Å²) in [6, 6.07) is 0. The van der Waals surface area contributed by atoms with Crippen molar-refractivity contribution in [1.29, 1.82) is 0 Å². The van der Waals surface area contributed by atoms with Gasteiger partial charge in [0.15, 0.2) is 0 Å². The summed E-state index contributed by atoms with van der Waals surface area (Å²) in [5.74, 6) is 1.19. The Morgan fingerprint density at radius 1 is 0.783 bits per heavy atom. The van der Waals surface area contributed by atoms with E-state index in [9.17, 15) is 19.2 Å². The molecule has 0 amide bonds. The van der Waals surface area contributed by atoms with Crippen molar-refractivity contribution in [3.8, 4) is 12.0 Å². The molecule has 0 aromatic rings. The highest BCUT2D eigenvalue weighted by Crippen LogP contribution is 2.05. The molecular weight excluding hydrogens is 300 g/mol. The van der Waals surface area contributed by atoms with Crippen LogP contribution >= 0.6 is 0 Å². The summed E-state index contributed by atoms with van der Waals surface area (Å²) in [6.07, 6.45) is 7.10. The number of ether oxygens (including phenoxy) is 2. The molecule has 0 aliphatic carbocycles. The number of hydrogen-bond acceptors (Lipinski definition) is 6. The van der Waals surface area contributed by atoms with Gasteiger partial charge in [0.25, 0.3) is 0 Å². The molecule has 0 aliphatic rings. The molecule has 0 rings (SSSR count). The van der Waals surface area contributed by atoms with E-state index in [1.165, 1.54) is 13.8 Å². The fraction of sp³-hybridized carbons (Fsp3) is 0.647. The first-order chi connectivity index (χ1) is 10.9. The summed E-state index contributed by atoms with van der Waals surface area (Å²) in [5, 5.41) is 0. The van der Waals surface area contributed by atoms with Gasteiger partial charge in [-0.05, 0) is 26.7 Å². The van der Waals surface area contributed by atoms with E-state index in [0.717, 1.165) is 32.1 Å². The Labute approximate surface area is 136 Å². The predicted octanol–water partition coefficient (Wildman–Crippen LogP) is 2.33. The third-order valence-electron chi connectivity index (χ3n) is 2.73.